The van der Waals surface area contributed by atoms with E-state index in [4.69, 9.17) is 21.1 Å². The molecule has 2 aliphatic rings. The number of aromatic nitrogens is 2. The van der Waals surface area contributed by atoms with Crippen molar-refractivity contribution in [3.63, 3.8) is 0 Å². The molecule has 11 nitrogen and oxygen atoms in total. The number of amides is 2. The van der Waals surface area contributed by atoms with Gasteiger partial charge in [-0.05, 0) is 42.2 Å². The molecular formula is C29H32ClN5O6. The number of anilines is 1. The zero-order valence-electron chi connectivity index (χ0n) is 22.5. The Hall–Kier alpha value is -3.77. The lowest BCUT2D eigenvalue weighted by Gasteiger charge is -2.27. The SMILES string of the molecule is COc1cccc(C(CO)NC(=O)C(CO)N2Cc3ccc(-c4nc(NC5CCOCC5)ncc4Cl)cc3C2=O)c1. The first-order valence-electron chi connectivity index (χ1n) is 13.4. The van der Waals surface area contributed by atoms with E-state index < -0.39 is 30.5 Å². The number of carbonyl (C=O) groups excluding carboxylic acids is 2. The minimum absolute atomic E-state index is 0.143. The molecule has 1 saturated heterocycles. The quantitative estimate of drug-likeness (QED) is 0.284. The summed E-state index contributed by atoms with van der Waals surface area (Å²) in [6, 6.07) is 10.6. The molecule has 12 heteroatoms. The molecule has 0 bridgehead atoms. The molecule has 2 aliphatic heterocycles. The van der Waals surface area contributed by atoms with Crippen LogP contribution in [0.3, 0.4) is 0 Å². The van der Waals surface area contributed by atoms with Crippen molar-refractivity contribution in [2.75, 3.05) is 38.9 Å². The van der Waals surface area contributed by atoms with Crippen molar-refractivity contribution in [1.29, 1.82) is 0 Å². The molecule has 2 unspecified atom stereocenters. The summed E-state index contributed by atoms with van der Waals surface area (Å²) in [7, 11) is 1.53. The maximum absolute atomic E-state index is 13.5. The van der Waals surface area contributed by atoms with E-state index in [2.05, 4.69) is 20.6 Å². The fraction of sp³-hybridized carbons (Fsp3) is 0.379. The first-order valence-corrected chi connectivity index (χ1v) is 13.8. The van der Waals surface area contributed by atoms with Crippen molar-refractivity contribution in [1.82, 2.24) is 20.2 Å². The number of aliphatic hydroxyl groups is 2. The van der Waals surface area contributed by atoms with Gasteiger partial charge in [-0.15, -0.1) is 0 Å². The molecule has 1 aromatic heterocycles. The zero-order valence-corrected chi connectivity index (χ0v) is 23.3. The monoisotopic (exact) mass is 581 g/mol. The molecule has 216 valence electrons. The molecule has 1 fully saturated rings. The van der Waals surface area contributed by atoms with E-state index in [0.29, 0.717) is 57.9 Å². The summed E-state index contributed by atoms with van der Waals surface area (Å²) < 4.78 is 10.6. The Kier molecular flexibility index (Phi) is 8.99. The van der Waals surface area contributed by atoms with Gasteiger partial charge in [0.15, 0.2) is 0 Å². The van der Waals surface area contributed by atoms with Crippen LogP contribution in [0, 0.1) is 0 Å². The van der Waals surface area contributed by atoms with E-state index in [1.54, 1.807) is 36.4 Å². The number of halogens is 1. The van der Waals surface area contributed by atoms with Gasteiger partial charge in [0.05, 0.1) is 43.3 Å². The summed E-state index contributed by atoms with van der Waals surface area (Å²) in [4.78, 5) is 37.0. The second-order valence-corrected chi connectivity index (χ2v) is 10.4. The third-order valence-corrected chi connectivity index (χ3v) is 7.64. The minimum atomic E-state index is -1.16. The molecule has 2 atom stereocenters. The summed E-state index contributed by atoms with van der Waals surface area (Å²) in [5.41, 5.74) is 2.84. The van der Waals surface area contributed by atoms with E-state index in [9.17, 15) is 19.8 Å². The standard InChI is InChI=1S/C29H32ClN5O6/c1-40-21-4-2-3-17(11-21)24(15-36)33-27(38)25(16-37)35-14-19-6-5-18(12-22(19)28(35)39)26-23(30)13-31-29(34-26)32-20-7-9-41-10-8-20/h2-6,11-13,20,24-25,36-37H,7-10,14-16H2,1H3,(H,33,38)(H,31,32,34). The number of methoxy groups -OCH3 is 1. The van der Waals surface area contributed by atoms with Crippen LogP contribution in [0.2, 0.25) is 5.02 Å². The highest BCUT2D eigenvalue weighted by molar-refractivity contribution is 6.33. The predicted molar refractivity (Wildman–Crippen MR) is 152 cm³/mol. The van der Waals surface area contributed by atoms with Gasteiger partial charge in [0, 0.05) is 36.9 Å². The molecule has 3 aromatic rings. The summed E-state index contributed by atoms with van der Waals surface area (Å²) >= 11 is 6.45. The summed E-state index contributed by atoms with van der Waals surface area (Å²) in [5.74, 6) is 0.0311. The molecule has 0 spiro atoms. The van der Waals surface area contributed by atoms with Gasteiger partial charge in [-0.3, -0.25) is 9.59 Å². The molecule has 2 aromatic carbocycles. The molecular weight excluding hydrogens is 550 g/mol. The molecule has 5 rings (SSSR count). The van der Waals surface area contributed by atoms with Crippen molar-refractivity contribution >= 4 is 29.4 Å². The van der Waals surface area contributed by atoms with Crippen molar-refractivity contribution in [3.8, 4) is 17.0 Å². The fourth-order valence-electron chi connectivity index (χ4n) is 5.07. The van der Waals surface area contributed by atoms with Crippen LogP contribution in [0.4, 0.5) is 5.95 Å². The van der Waals surface area contributed by atoms with E-state index in [0.717, 1.165) is 12.8 Å². The normalized spacial score (nSPS) is 16.7. The Balaban J connectivity index is 1.33. The van der Waals surface area contributed by atoms with Gasteiger partial charge < -0.3 is 35.2 Å². The van der Waals surface area contributed by atoms with E-state index in [-0.39, 0.29) is 19.2 Å². The van der Waals surface area contributed by atoms with E-state index >= 15 is 0 Å². The minimum Gasteiger partial charge on any atom is -0.497 e. The van der Waals surface area contributed by atoms with Crippen molar-refractivity contribution in [2.45, 2.75) is 37.5 Å². The number of nitrogens with zero attached hydrogens (tertiary/aromatic N) is 3. The maximum atomic E-state index is 13.5. The molecule has 0 radical (unpaired) electrons. The Morgan fingerprint density at radius 2 is 2.00 bits per heavy atom. The van der Waals surface area contributed by atoms with Crippen LogP contribution in [0.25, 0.3) is 11.3 Å². The van der Waals surface area contributed by atoms with Crippen LogP contribution in [0.1, 0.15) is 40.4 Å². The highest BCUT2D eigenvalue weighted by atomic mass is 35.5. The van der Waals surface area contributed by atoms with Crippen LogP contribution in [-0.2, 0) is 16.1 Å². The number of aliphatic hydroxyl groups excluding tert-OH is 2. The van der Waals surface area contributed by atoms with Crippen LogP contribution in [0.15, 0.2) is 48.7 Å². The van der Waals surface area contributed by atoms with Gasteiger partial charge in [-0.1, -0.05) is 35.9 Å². The first kappa shape index (κ1) is 28.7. The van der Waals surface area contributed by atoms with Gasteiger partial charge >= 0.3 is 0 Å². The van der Waals surface area contributed by atoms with E-state index in [1.807, 2.05) is 6.07 Å². The van der Waals surface area contributed by atoms with Crippen LogP contribution in [-0.4, -0.2) is 82.5 Å². The number of nitrogens with one attached hydrogen (secondary N) is 2. The lowest BCUT2D eigenvalue weighted by atomic mass is 10.0. The lowest BCUT2D eigenvalue weighted by molar-refractivity contribution is -0.128. The summed E-state index contributed by atoms with van der Waals surface area (Å²) in [6.45, 7) is 0.531. The molecule has 41 heavy (non-hydrogen) atoms. The number of fused-ring (bicyclic) bond motifs is 1. The first-order chi connectivity index (χ1) is 19.9. The molecule has 0 saturated carbocycles. The highest BCUT2D eigenvalue weighted by Gasteiger charge is 2.37. The molecule has 0 aliphatic carbocycles. The van der Waals surface area contributed by atoms with Crippen molar-refractivity contribution in [3.05, 3.63) is 70.4 Å². The highest BCUT2D eigenvalue weighted by Crippen LogP contribution is 2.32. The van der Waals surface area contributed by atoms with Gasteiger partial charge in [-0.25, -0.2) is 9.97 Å². The Bertz CT molecular complexity index is 1420. The van der Waals surface area contributed by atoms with Crippen LogP contribution in [0.5, 0.6) is 5.75 Å². The van der Waals surface area contributed by atoms with Gasteiger partial charge in [0.1, 0.15) is 11.8 Å². The Morgan fingerprint density at radius 1 is 1.20 bits per heavy atom. The van der Waals surface area contributed by atoms with Crippen molar-refractivity contribution in [2.24, 2.45) is 0 Å². The second kappa shape index (κ2) is 12.8. The largest absolute Gasteiger partial charge is 0.497 e. The third-order valence-electron chi connectivity index (χ3n) is 7.36. The number of carbonyl (C=O) groups is 2. The Morgan fingerprint density at radius 3 is 2.73 bits per heavy atom. The zero-order chi connectivity index (χ0) is 28.9. The van der Waals surface area contributed by atoms with Crippen molar-refractivity contribution < 1.29 is 29.3 Å². The maximum Gasteiger partial charge on any atom is 0.255 e. The molecule has 3 heterocycles. The number of benzene rings is 2. The third kappa shape index (κ3) is 6.28. The van der Waals surface area contributed by atoms with Crippen LogP contribution < -0.4 is 15.4 Å². The summed E-state index contributed by atoms with van der Waals surface area (Å²) in [5, 5.41) is 26.5. The second-order valence-electron chi connectivity index (χ2n) is 9.94. The molecule has 4 N–H and O–H groups in total. The number of ether oxygens (including phenoxy) is 2. The number of hydrogen-bond donors (Lipinski definition) is 4. The predicted octanol–water partition coefficient (Wildman–Crippen LogP) is 2.56. The van der Waals surface area contributed by atoms with Gasteiger partial charge in [0.25, 0.3) is 5.91 Å². The van der Waals surface area contributed by atoms with Crippen LogP contribution >= 0.6 is 11.6 Å². The molecule has 2 amide bonds. The van der Waals surface area contributed by atoms with Gasteiger partial charge in [0.2, 0.25) is 11.9 Å². The lowest BCUT2D eigenvalue weighted by Crippen LogP contribution is -2.50. The summed E-state index contributed by atoms with van der Waals surface area (Å²) in [6.07, 6.45) is 3.23. The number of hydrogen-bond acceptors (Lipinski definition) is 9. The number of rotatable bonds is 10. The van der Waals surface area contributed by atoms with Gasteiger partial charge in [-0.2, -0.15) is 0 Å². The Labute approximate surface area is 242 Å². The fourth-order valence-corrected chi connectivity index (χ4v) is 5.27. The topological polar surface area (TPSA) is 146 Å². The average molecular weight is 582 g/mol. The van der Waals surface area contributed by atoms with E-state index in [1.165, 1.54) is 18.2 Å². The smallest absolute Gasteiger partial charge is 0.255 e. The average Bonchev–Trinajstić information content (AvgIpc) is 3.32.